The molecule has 1 aliphatic carbocycles. The first-order valence-corrected chi connectivity index (χ1v) is 5.85. The Bertz CT molecular complexity index is 183. The highest BCUT2D eigenvalue weighted by Gasteiger charge is 2.31. The van der Waals surface area contributed by atoms with Gasteiger partial charge in [0, 0.05) is 17.6 Å². The molecule has 1 aliphatic rings. The fraction of sp³-hybridized carbons (Fsp3) is 1.00. The van der Waals surface area contributed by atoms with Crippen molar-refractivity contribution in [3.63, 3.8) is 0 Å². The Kier molecular flexibility index (Phi) is 3.59. The summed E-state index contributed by atoms with van der Waals surface area (Å²) in [6.07, 6.45) is 5.01. The molecule has 84 valence electrons. The molecular weight excluding hydrogens is 172 g/mol. The average molecular weight is 198 g/mol. The van der Waals surface area contributed by atoms with Crippen molar-refractivity contribution < 1.29 is 0 Å². The van der Waals surface area contributed by atoms with Crippen molar-refractivity contribution in [1.29, 1.82) is 0 Å². The van der Waals surface area contributed by atoms with E-state index in [-0.39, 0.29) is 11.1 Å². The Hall–Kier alpha value is -0.0800. The average Bonchev–Trinajstić information content (AvgIpc) is 1.99. The minimum absolute atomic E-state index is 0.0466. The molecule has 1 saturated carbocycles. The van der Waals surface area contributed by atoms with Gasteiger partial charge >= 0.3 is 0 Å². The smallest absolute Gasteiger partial charge is 0.0283 e. The van der Waals surface area contributed by atoms with E-state index in [0.717, 1.165) is 12.5 Å². The number of hydrogen-bond acceptors (Lipinski definition) is 2. The molecule has 0 amide bonds. The lowest BCUT2D eigenvalue weighted by molar-refractivity contribution is 0.214. The van der Waals surface area contributed by atoms with E-state index in [2.05, 4.69) is 33.0 Å². The van der Waals surface area contributed by atoms with Gasteiger partial charge in [-0.3, -0.25) is 0 Å². The van der Waals surface area contributed by atoms with Crippen LogP contribution in [0.1, 0.15) is 53.4 Å². The lowest BCUT2D eigenvalue weighted by atomic mass is 9.77. The third kappa shape index (κ3) is 3.97. The molecule has 0 aliphatic heterocycles. The Balaban J connectivity index is 2.41. The second-order valence-corrected chi connectivity index (χ2v) is 6.17. The highest BCUT2D eigenvalue weighted by Crippen LogP contribution is 2.30. The maximum Gasteiger partial charge on any atom is 0.0283 e. The molecule has 1 rings (SSSR count). The van der Waals surface area contributed by atoms with Gasteiger partial charge in [-0.1, -0.05) is 19.8 Å². The lowest BCUT2D eigenvalue weighted by Gasteiger charge is -2.39. The maximum atomic E-state index is 6.39. The molecule has 0 aromatic heterocycles. The van der Waals surface area contributed by atoms with Crippen LogP contribution in [-0.2, 0) is 0 Å². The monoisotopic (exact) mass is 198 g/mol. The Morgan fingerprint density at radius 2 is 2.07 bits per heavy atom. The third-order valence-corrected chi connectivity index (χ3v) is 3.10. The number of hydrogen-bond donors (Lipinski definition) is 2. The Morgan fingerprint density at radius 3 is 2.57 bits per heavy atom. The van der Waals surface area contributed by atoms with E-state index < -0.39 is 0 Å². The zero-order chi connectivity index (χ0) is 10.8. The minimum Gasteiger partial charge on any atom is -0.324 e. The fourth-order valence-electron chi connectivity index (χ4n) is 2.30. The quantitative estimate of drug-likeness (QED) is 0.714. The molecule has 1 fully saturated rings. The van der Waals surface area contributed by atoms with Gasteiger partial charge < -0.3 is 11.1 Å². The third-order valence-electron chi connectivity index (χ3n) is 3.10. The van der Waals surface area contributed by atoms with Gasteiger partial charge in [-0.2, -0.15) is 0 Å². The van der Waals surface area contributed by atoms with E-state index in [0.29, 0.717) is 0 Å². The largest absolute Gasteiger partial charge is 0.324 e. The summed E-state index contributed by atoms with van der Waals surface area (Å²) >= 11 is 0. The summed E-state index contributed by atoms with van der Waals surface area (Å²) < 4.78 is 0. The molecular formula is C12H26N2. The molecule has 0 aromatic carbocycles. The van der Waals surface area contributed by atoms with Crippen LogP contribution in [0, 0.1) is 5.92 Å². The number of rotatable bonds is 2. The van der Waals surface area contributed by atoms with Crippen molar-refractivity contribution >= 4 is 0 Å². The maximum absolute atomic E-state index is 6.39. The van der Waals surface area contributed by atoms with Crippen LogP contribution in [0.25, 0.3) is 0 Å². The predicted molar refractivity (Wildman–Crippen MR) is 62.3 cm³/mol. The molecule has 0 aromatic rings. The van der Waals surface area contributed by atoms with Gasteiger partial charge in [0.05, 0.1) is 0 Å². The van der Waals surface area contributed by atoms with E-state index in [1.54, 1.807) is 0 Å². The van der Waals surface area contributed by atoms with Crippen molar-refractivity contribution in [3.8, 4) is 0 Å². The zero-order valence-corrected chi connectivity index (χ0v) is 10.2. The van der Waals surface area contributed by atoms with E-state index in [1.165, 1.54) is 25.7 Å². The summed E-state index contributed by atoms with van der Waals surface area (Å²) in [6, 6.07) is 0. The first-order chi connectivity index (χ1) is 6.31. The minimum atomic E-state index is 0.0466. The van der Waals surface area contributed by atoms with E-state index in [4.69, 9.17) is 5.73 Å². The molecule has 2 unspecified atom stereocenters. The predicted octanol–water partition coefficient (Wildman–Crippen LogP) is 2.28. The lowest BCUT2D eigenvalue weighted by Crippen LogP contribution is -2.55. The summed E-state index contributed by atoms with van der Waals surface area (Å²) in [7, 11) is 0. The Labute approximate surface area is 88.6 Å². The van der Waals surface area contributed by atoms with Crippen molar-refractivity contribution in [2.24, 2.45) is 11.7 Å². The highest BCUT2D eigenvalue weighted by molar-refractivity contribution is 4.93. The molecule has 3 N–H and O–H groups in total. The van der Waals surface area contributed by atoms with Crippen LogP contribution in [-0.4, -0.2) is 17.6 Å². The van der Waals surface area contributed by atoms with Crippen LogP contribution in [0.4, 0.5) is 0 Å². The summed E-state index contributed by atoms with van der Waals surface area (Å²) in [5, 5.41) is 3.53. The molecule has 2 heteroatoms. The van der Waals surface area contributed by atoms with Crippen LogP contribution in [0.5, 0.6) is 0 Å². The van der Waals surface area contributed by atoms with Gasteiger partial charge in [-0.25, -0.2) is 0 Å². The SMILES string of the molecule is CC1CCCC(N)(CNC(C)(C)C)C1. The van der Waals surface area contributed by atoms with Crippen molar-refractivity contribution in [2.75, 3.05) is 6.54 Å². The molecule has 0 saturated heterocycles. The van der Waals surface area contributed by atoms with Crippen molar-refractivity contribution in [1.82, 2.24) is 5.32 Å². The Morgan fingerprint density at radius 1 is 1.43 bits per heavy atom. The van der Waals surface area contributed by atoms with Crippen molar-refractivity contribution in [2.45, 2.75) is 64.5 Å². The van der Waals surface area contributed by atoms with Gasteiger partial charge in [0.25, 0.3) is 0 Å². The first-order valence-electron chi connectivity index (χ1n) is 5.85. The van der Waals surface area contributed by atoms with Crippen molar-refractivity contribution in [3.05, 3.63) is 0 Å². The van der Waals surface area contributed by atoms with Gasteiger partial charge in [0.15, 0.2) is 0 Å². The number of nitrogens with two attached hydrogens (primary N) is 1. The summed E-state index contributed by atoms with van der Waals surface area (Å²) in [6.45, 7) is 9.87. The molecule has 2 atom stereocenters. The van der Waals surface area contributed by atoms with E-state index >= 15 is 0 Å². The number of nitrogens with one attached hydrogen (secondary N) is 1. The standard InChI is InChI=1S/C12H26N2/c1-10-6-5-7-12(13,8-10)9-14-11(2,3)4/h10,14H,5-9,13H2,1-4H3. The highest BCUT2D eigenvalue weighted by atomic mass is 15.0. The molecule has 2 nitrogen and oxygen atoms in total. The fourth-order valence-corrected chi connectivity index (χ4v) is 2.30. The second kappa shape index (κ2) is 4.19. The first kappa shape index (κ1) is 12.0. The second-order valence-electron chi connectivity index (χ2n) is 6.17. The molecule has 0 bridgehead atoms. The summed E-state index contributed by atoms with van der Waals surface area (Å²) in [5.41, 5.74) is 6.63. The zero-order valence-electron chi connectivity index (χ0n) is 10.2. The van der Waals surface area contributed by atoms with Crippen LogP contribution in [0.2, 0.25) is 0 Å². The van der Waals surface area contributed by atoms with Crippen LogP contribution in [0.3, 0.4) is 0 Å². The summed E-state index contributed by atoms with van der Waals surface area (Å²) in [4.78, 5) is 0. The van der Waals surface area contributed by atoms with Crippen LogP contribution < -0.4 is 11.1 Å². The van der Waals surface area contributed by atoms with E-state index in [1.807, 2.05) is 0 Å². The normalized spacial score (nSPS) is 34.5. The molecule has 0 radical (unpaired) electrons. The van der Waals surface area contributed by atoms with Gasteiger partial charge in [0.2, 0.25) is 0 Å². The summed E-state index contributed by atoms with van der Waals surface area (Å²) in [5.74, 6) is 0.801. The van der Waals surface area contributed by atoms with E-state index in [9.17, 15) is 0 Å². The van der Waals surface area contributed by atoms with Crippen LogP contribution >= 0.6 is 0 Å². The van der Waals surface area contributed by atoms with Crippen LogP contribution in [0.15, 0.2) is 0 Å². The molecule has 14 heavy (non-hydrogen) atoms. The topological polar surface area (TPSA) is 38.0 Å². The van der Waals surface area contributed by atoms with Gasteiger partial charge in [-0.05, 0) is 39.5 Å². The molecule has 0 heterocycles. The molecule has 0 spiro atoms. The van der Waals surface area contributed by atoms with Gasteiger partial charge in [0.1, 0.15) is 0 Å². The van der Waals surface area contributed by atoms with Gasteiger partial charge in [-0.15, -0.1) is 0 Å².